The average molecular weight is 429 g/mol. The zero-order valence-corrected chi connectivity index (χ0v) is 20.7. The molecule has 3 heteroatoms. The van der Waals surface area contributed by atoms with Gasteiger partial charge in [0.25, 0.3) is 0 Å². The van der Waals surface area contributed by atoms with Gasteiger partial charge in [-0.1, -0.05) is 39.0 Å². The van der Waals surface area contributed by atoms with E-state index in [1.807, 2.05) is 0 Å². The Hall–Kier alpha value is -0.640. The molecule has 10 atom stereocenters. The fourth-order valence-corrected chi connectivity index (χ4v) is 9.16. The van der Waals surface area contributed by atoms with Gasteiger partial charge in [0.15, 0.2) is 12.1 Å². The monoisotopic (exact) mass is 428 g/mol. The zero-order valence-electron chi connectivity index (χ0n) is 20.7. The Kier molecular flexibility index (Phi) is 5.32. The molecule has 0 N–H and O–H groups in total. The second kappa shape index (κ2) is 7.43. The minimum atomic E-state index is -0.481. The lowest BCUT2D eigenvalue weighted by molar-refractivity contribution is -0.271. The van der Waals surface area contributed by atoms with E-state index >= 15 is 0 Å². The summed E-state index contributed by atoms with van der Waals surface area (Å²) in [6, 6.07) is 0. The van der Waals surface area contributed by atoms with Crippen LogP contribution in [0.25, 0.3) is 0 Å². The van der Waals surface area contributed by atoms with Crippen molar-refractivity contribution in [2.75, 3.05) is 13.7 Å². The van der Waals surface area contributed by atoms with Crippen LogP contribution in [-0.2, 0) is 14.2 Å². The predicted molar refractivity (Wildman–Crippen MR) is 124 cm³/mol. The summed E-state index contributed by atoms with van der Waals surface area (Å²) in [6.07, 6.45) is 11.2. The van der Waals surface area contributed by atoms with Gasteiger partial charge in [-0.15, -0.1) is 0 Å². The number of fused-ring (bicyclic) bond motifs is 3. The third kappa shape index (κ3) is 3.09. The smallest absolute Gasteiger partial charge is 0.183 e. The lowest BCUT2D eigenvalue weighted by Gasteiger charge is -2.56. The molecule has 174 valence electrons. The predicted octanol–water partition coefficient (Wildman–Crippen LogP) is 6.74. The van der Waals surface area contributed by atoms with Crippen molar-refractivity contribution in [2.24, 2.45) is 46.3 Å². The number of allylic oxidation sites excluding steroid dienone is 2. The van der Waals surface area contributed by atoms with Gasteiger partial charge < -0.3 is 14.2 Å². The summed E-state index contributed by atoms with van der Waals surface area (Å²) in [5.74, 6) is 3.25. The normalized spacial score (nSPS) is 53.2. The van der Waals surface area contributed by atoms with E-state index in [4.69, 9.17) is 14.2 Å². The molecule has 0 aromatic heterocycles. The van der Waals surface area contributed by atoms with E-state index in [1.54, 1.807) is 7.11 Å². The van der Waals surface area contributed by atoms with Crippen molar-refractivity contribution in [3.63, 3.8) is 0 Å². The van der Waals surface area contributed by atoms with E-state index < -0.39 is 5.79 Å². The molecule has 1 saturated heterocycles. The van der Waals surface area contributed by atoms with Crippen molar-refractivity contribution >= 4 is 0 Å². The SMILES string of the molecule is C=C(C)[C@H]1CC[C@@]2(C)CC[C@]3(C)C[C@H]4[C@@H](C)C[C@@]5(OCC)O[C@H](OC)C(=CC[C@H]3[C@@H]12)[C@@H]45. The molecule has 4 aliphatic carbocycles. The number of hydrogen-bond donors (Lipinski definition) is 0. The lowest BCUT2D eigenvalue weighted by Crippen LogP contribution is -2.48. The van der Waals surface area contributed by atoms with Crippen LogP contribution in [0.1, 0.15) is 79.6 Å². The van der Waals surface area contributed by atoms with Gasteiger partial charge in [-0.25, -0.2) is 0 Å². The van der Waals surface area contributed by atoms with E-state index in [2.05, 4.69) is 47.3 Å². The van der Waals surface area contributed by atoms with Gasteiger partial charge in [-0.2, -0.15) is 0 Å². The maximum atomic E-state index is 6.58. The Labute approximate surface area is 190 Å². The quantitative estimate of drug-likeness (QED) is 0.464. The van der Waals surface area contributed by atoms with E-state index in [9.17, 15) is 0 Å². The summed E-state index contributed by atoms with van der Waals surface area (Å²) in [4.78, 5) is 0. The van der Waals surface area contributed by atoms with Gasteiger partial charge in [0, 0.05) is 26.1 Å². The Morgan fingerprint density at radius 1 is 1.19 bits per heavy atom. The minimum Gasteiger partial charge on any atom is -0.352 e. The fourth-order valence-electron chi connectivity index (χ4n) is 9.16. The fraction of sp³-hybridized carbons (Fsp3) is 0.857. The van der Waals surface area contributed by atoms with Gasteiger partial charge >= 0.3 is 0 Å². The van der Waals surface area contributed by atoms with Crippen LogP contribution in [-0.4, -0.2) is 25.8 Å². The Bertz CT molecular complexity index is 772. The third-order valence-corrected chi connectivity index (χ3v) is 10.6. The second-order valence-electron chi connectivity index (χ2n) is 12.3. The van der Waals surface area contributed by atoms with Crippen molar-refractivity contribution in [3.05, 3.63) is 23.8 Å². The summed E-state index contributed by atoms with van der Waals surface area (Å²) in [5.41, 5.74) is 3.66. The molecule has 1 heterocycles. The van der Waals surface area contributed by atoms with Crippen LogP contribution < -0.4 is 0 Å². The molecule has 31 heavy (non-hydrogen) atoms. The molecule has 3 saturated carbocycles. The Morgan fingerprint density at radius 2 is 1.94 bits per heavy atom. The molecule has 0 bridgehead atoms. The summed E-state index contributed by atoms with van der Waals surface area (Å²) in [5, 5.41) is 0. The van der Waals surface area contributed by atoms with Crippen LogP contribution in [0.15, 0.2) is 23.8 Å². The van der Waals surface area contributed by atoms with Crippen LogP contribution in [0.4, 0.5) is 0 Å². The molecular formula is C28H44O3. The standard InChI is InChI=1S/C28H44O3/c1-8-30-28-15-18(4)21-16-27(6)14-13-26(5)12-11-19(17(2)3)24(26)22(27)10-9-20(23(21)28)25(29-7)31-28/h9,18-19,21-25H,2,8,10-16H2,1,3-7H3/t18-,19+,21-,22-,23-,24+,25-,26-,27+,28+/m0/s1. The van der Waals surface area contributed by atoms with Gasteiger partial charge in [0.05, 0.1) is 0 Å². The van der Waals surface area contributed by atoms with Crippen LogP contribution in [0.5, 0.6) is 0 Å². The van der Waals surface area contributed by atoms with E-state index in [0.717, 1.165) is 24.7 Å². The highest BCUT2D eigenvalue weighted by atomic mass is 16.8. The summed E-state index contributed by atoms with van der Waals surface area (Å²) in [7, 11) is 1.79. The van der Waals surface area contributed by atoms with Gasteiger partial charge in [0.2, 0.25) is 0 Å². The van der Waals surface area contributed by atoms with Crippen molar-refractivity contribution in [1.82, 2.24) is 0 Å². The number of hydrogen-bond acceptors (Lipinski definition) is 3. The first-order valence-electron chi connectivity index (χ1n) is 12.9. The number of rotatable bonds is 4. The molecule has 0 unspecified atom stereocenters. The maximum Gasteiger partial charge on any atom is 0.183 e. The first kappa shape index (κ1) is 22.2. The Balaban J connectivity index is 1.58. The van der Waals surface area contributed by atoms with Gasteiger partial charge in [-0.05, 0) is 98.4 Å². The molecule has 5 aliphatic rings. The lowest BCUT2D eigenvalue weighted by atomic mass is 9.49. The van der Waals surface area contributed by atoms with Crippen molar-refractivity contribution in [3.8, 4) is 0 Å². The highest BCUT2D eigenvalue weighted by molar-refractivity contribution is 5.27. The van der Waals surface area contributed by atoms with Gasteiger partial charge in [0.1, 0.15) is 0 Å². The first-order valence-corrected chi connectivity index (χ1v) is 12.9. The average Bonchev–Trinajstić information content (AvgIpc) is 3.28. The van der Waals surface area contributed by atoms with Gasteiger partial charge in [-0.3, -0.25) is 0 Å². The third-order valence-electron chi connectivity index (χ3n) is 10.6. The van der Waals surface area contributed by atoms with Crippen LogP contribution in [0, 0.1) is 46.3 Å². The van der Waals surface area contributed by atoms with E-state index in [0.29, 0.717) is 41.1 Å². The number of methoxy groups -OCH3 is 1. The van der Waals surface area contributed by atoms with Crippen molar-refractivity contribution < 1.29 is 14.2 Å². The molecule has 5 rings (SSSR count). The molecule has 4 fully saturated rings. The summed E-state index contributed by atoms with van der Waals surface area (Å²) >= 11 is 0. The minimum absolute atomic E-state index is 0.244. The van der Waals surface area contributed by atoms with E-state index in [-0.39, 0.29) is 6.29 Å². The largest absolute Gasteiger partial charge is 0.352 e. The molecule has 0 radical (unpaired) electrons. The van der Waals surface area contributed by atoms with Crippen molar-refractivity contribution in [2.45, 2.75) is 91.6 Å². The molecule has 0 spiro atoms. The Morgan fingerprint density at radius 3 is 2.61 bits per heavy atom. The first-order chi connectivity index (χ1) is 14.7. The van der Waals surface area contributed by atoms with E-state index in [1.165, 1.54) is 43.3 Å². The second-order valence-corrected chi connectivity index (χ2v) is 12.3. The topological polar surface area (TPSA) is 27.7 Å². The molecule has 0 aromatic rings. The summed E-state index contributed by atoms with van der Waals surface area (Å²) < 4.78 is 18.9. The molecular weight excluding hydrogens is 384 g/mol. The molecule has 3 nitrogen and oxygen atoms in total. The van der Waals surface area contributed by atoms with Crippen LogP contribution >= 0.6 is 0 Å². The maximum absolute atomic E-state index is 6.58. The number of ether oxygens (including phenoxy) is 3. The van der Waals surface area contributed by atoms with Crippen LogP contribution in [0.3, 0.4) is 0 Å². The highest BCUT2D eigenvalue weighted by Crippen LogP contribution is 2.68. The highest BCUT2D eigenvalue weighted by Gasteiger charge is 2.65. The molecule has 0 aromatic carbocycles. The molecule has 0 amide bonds. The molecule has 1 aliphatic heterocycles. The zero-order chi connectivity index (χ0) is 22.2. The summed E-state index contributed by atoms with van der Waals surface area (Å²) in [6.45, 7) is 17.2. The van der Waals surface area contributed by atoms with Crippen molar-refractivity contribution in [1.29, 1.82) is 0 Å². The van der Waals surface area contributed by atoms with Crippen LogP contribution in [0.2, 0.25) is 0 Å².